The van der Waals surface area contributed by atoms with E-state index >= 15 is 0 Å². The number of nitrogens with zero attached hydrogens (tertiary/aromatic N) is 1. The largest absolute Gasteiger partial charge is 0.416 e. The van der Waals surface area contributed by atoms with Crippen LogP contribution in [0, 0.1) is 6.92 Å². The summed E-state index contributed by atoms with van der Waals surface area (Å²) in [6, 6.07) is 15.6. The summed E-state index contributed by atoms with van der Waals surface area (Å²) in [6.45, 7) is 1.82. The summed E-state index contributed by atoms with van der Waals surface area (Å²) >= 11 is 0. The van der Waals surface area contributed by atoms with Crippen LogP contribution in [0.2, 0.25) is 0 Å². The van der Waals surface area contributed by atoms with Gasteiger partial charge in [0.25, 0.3) is 5.91 Å². The molecule has 1 unspecified atom stereocenters. The maximum absolute atomic E-state index is 13.2. The van der Waals surface area contributed by atoms with Crippen LogP contribution < -0.4 is 10.6 Å². The van der Waals surface area contributed by atoms with Crippen LogP contribution in [0.1, 0.15) is 32.6 Å². The van der Waals surface area contributed by atoms with Crippen molar-refractivity contribution in [1.82, 2.24) is 10.2 Å². The SMILES string of the molecule is Cc1cccc(C(=O)Nc2ccc3c(c2)CC(NC(=O)N(C)C)C3)c1-c1ccc(C(F)(F)F)cc1. The average molecular weight is 482 g/mol. The van der Waals surface area contributed by atoms with Gasteiger partial charge in [0.05, 0.1) is 5.56 Å². The lowest BCUT2D eigenvalue weighted by Crippen LogP contribution is -2.41. The van der Waals surface area contributed by atoms with Gasteiger partial charge in [0.15, 0.2) is 0 Å². The van der Waals surface area contributed by atoms with Gasteiger partial charge in [-0.15, -0.1) is 0 Å². The topological polar surface area (TPSA) is 61.4 Å². The number of nitrogens with one attached hydrogen (secondary N) is 2. The Kier molecular flexibility index (Phi) is 6.56. The fraction of sp³-hybridized carbons (Fsp3) is 0.259. The van der Waals surface area contributed by atoms with Gasteiger partial charge in [-0.05, 0) is 77.9 Å². The van der Waals surface area contributed by atoms with Crippen molar-refractivity contribution in [3.05, 3.63) is 88.5 Å². The first-order valence-electron chi connectivity index (χ1n) is 11.2. The maximum Gasteiger partial charge on any atom is 0.416 e. The van der Waals surface area contributed by atoms with Crippen molar-refractivity contribution in [2.24, 2.45) is 0 Å². The number of rotatable bonds is 4. The summed E-state index contributed by atoms with van der Waals surface area (Å²) in [6.07, 6.45) is -3.04. The number of hydrogen-bond acceptors (Lipinski definition) is 2. The van der Waals surface area contributed by atoms with E-state index in [1.807, 2.05) is 31.2 Å². The molecule has 182 valence electrons. The summed E-state index contributed by atoms with van der Waals surface area (Å²) in [5.74, 6) is -0.348. The molecule has 0 aromatic heterocycles. The van der Waals surface area contributed by atoms with Crippen LogP contribution in [0.5, 0.6) is 0 Å². The van der Waals surface area contributed by atoms with Crippen molar-refractivity contribution in [3.8, 4) is 11.1 Å². The number of hydrogen-bond donors (Lipinski definition) is 2. The highest BCUT2D eigenvalue weighted by molar-refractivity contribution is 6.09. The second kappa shape index (κ2) is 9.44. The van der Waals surface area contributed by atoms with Crippen molar-refractivity contribution in [3.63, 3.8) is 0 Å². The fourth-order valence-corrected chi connectivity index (χ4v) is 4.37. The minimum absolute atomic E-state index is 0.00565. The average Bonchev–Trinajstić information content (AvgIpc) is 3.19. The second-order valence-corrected chi connectivity index (χ2v) is 8.96. The van der Waals surface area contributed by atoms with E-state index in [4.69, 9.17) is 0 Å². The molecule has 3 aromatic carbocycles. The quantitative estimate of drug-likeness (QED) is 0.504. The number of carbonyl (C=O) groups is 2. The number of amides is 3. The Labute approximate surface area is 202 Å². The third kappa shape index (κ3) is 5.31. The van der Waals surface area contributed by atoms with Crippen LogP contribution in [-0.2, 0) is 19.0 Å². The summed E-state index contributed by atoms with van der Waals surface area (Å²) in [4.78, 5) is 26.7. The fourth-order valence-electron chi connectivity index (χ4n) is 4.37. The first kappa shape index (κ1) is 24.3. The number of alkyl halides is 3. The molecule has 0 bridgehead atoms. The van der Waals surface area contributed by atoms with Gasteiger partial charge >= 0.3 is 12.2 Å². The van der Waals surface area contributed by atoms with Gasteiger partial charge in [-0.3, -0.25) is 4.79 Å². The van der Waals surface area contributed by atoms with E-state index in [1.54, 1.807) is 26.2 Å². The predicted octanol–water partition coefficient (Wildman–Crippen LogP) is 5.67. The molecule has 0 saturated heterocycles. The highest BCUT2D eigenvalue weighted by atomic mass is 19.4. The summed E-state index contributed by atoms with van der Waals surface area (Å²) in [5.41, 5.74) is 4.34. The smallest absolute Gasteiger partial charge is 0.335 e. The van der Waals surface area contributed by atoms with E-state index in [0.29, 0.717) is 28.8 Å². The zero-order valence-electron chi connectivity index (χ0n) is 19.7. The highest BCUT2D eigenvalue weighted by Gasteiger charge is 2.30. The normalized spacial score (nSPS) is 14.9. The maximum atomic E-state index is 13.2. The van der Waals surface area contributed by atoms with Crippen molar-refractivity contribution in [2.75, 3.05) is 19.4 Å². The first-order valence-corrected chi connectivity index (χ1v) is 11.2. The van der Waals surface area contributed by atoms with Gasteiger partial charge in [0.2, 0.25) is 0 Å². The summed E-state index contributed by atoms with van der Waals surface area (Å²) in [7, 11) is 3.38. The van der Waals surface area contributed by atoms with Crippen LogP contribution in [-0.4, -0.2) is 37.0 Å². The number of urea groups is 1. The number of halogens is 3. The molecule has 0 aliphatic heterocycles. The van der Waals surface area contributed by atoms with Gasteiger partial charge in [-0.1, -0.05) is 30.3 Å². The lowest BCUT2D eigenvalue weighted by Gasteiger charge is -2.16. The Bertz CT molecular complexity index is 1270. The second-order valence-electron chi connectivity index (χ2n) is 8.96. The van der Waals surface area contributed by atoms with E-state index in [9.17, 15) is 22.8 Å². The molecule has 1 aliphatic carbocycles. The number of benzene rings is 3. The van der Waals surface area contributed by atoms with E-state index in [2.05, 4.69) is 10.6 Å². The van der Waals surface area contributed by atoms with Gasteiger partial charge in [0.1, 0.15) is 0 Å². The standard InChI is InChI=1S/C27H26F3N3O2/c1-16-5-4-6-23(24(16)17-7-10-20(11-8-17)27(28,29)30)25(34)31-21-12-9-18-13-22(15-19(18)14-21)32-26(35)33(2)3/h4-12,14,22H,13,15H2,1-3H3,(H,31,34)(H,32,35). The minimum atomic E-state index is -4.42. The summed E-state index contributed by atoms with van der Waals surface area (Å²) < 4.78 is 38.9. The molecule has 8 heteroatoms. The molecule has 0 radical (unpaired) electrons. The lowest BCUT2D eigenvalue weighted by molar-refractivity contribution is -0.137. The monoisotopic (exact) mass is 481 g/mol. The van der Waals surface area contributed by atoms with Crippen molar-refractivity contribution >= 4 is 17.6 Å². The number of aryl methyl sites for hydroxylation is 1. The van der Waals surface area contributed by atoms with Crippen LogP contribution in [0.4, 0.5) is 23.7 Å². The van der Waals surface area contributed by atoms with Crippen LogP contribution in [0.3, 0.4) is 0 Å². The van der Waals surface area contributed by atoms with Gasteiger partial charge < -0.3 is 15.5 Å². The third-order valence-electron chi connectivity index (χ3n) is 6.15. The Morgan fingerprint density at radius 1 is 0.943 bits per heavy atom. The Morgan fingerprint density at radius 3 is 2.29 bits per heavy atom. The Morgan fingerprint density at radius 2 is 1.63 bits per heavy atom. The molecule has 0 heterocycles. The highest BCUT2D eigenvalue weighted by Crippen LogP contribution is 2.33. The van der Waals surface area contributed by atoms with Crippen molar-refractivity contribution < 1.29 is 22.8 Å². The molecule has 0 saturated carbocycles. The van der Waals surface area contributed by atoms with E-state index < -0.39 is 11.7 Å². The molecule has 3 aromatic rings. The number of carbonyl (C=O) groups excluding carboxylic acids is 2. The molecular formula is C27H26F3N3O2. The van der Waals surface area contributed by atoms with Gasteiger partial charge in [-0.2, -0.15) is 13.2 Å². The zero-order chi connectivity index (χ0) is 25.3. The lowest BCUT2D eigenvalue weighted by atomic mass is 9.93. The molecule has 0 fully saturated rings. The molecule has 35 heavy (non-hydrogen) atoms. The number of anilines is 1. The summed E-state index contributed by atoms with van der Waals surface area (Å²) in [5, 5.41) is 5.91. The van der Waals surface area contributed by atoms with Crippen LogP contribution in [0.25, 0.3) is 11.1 Å². The molecule has 2 N–H and O–H groups in total. The molecular weight excluding hydrogens is 455 g/mol. The third-order valence-corrected chi connectivity index (χ3v) is 6.15. The molecule has 3 amide bonds. The molecule has 1 aliphatic rings. The van der Waals surface area contributed by atoms with Crippen molar-refractivity contribution in [2.45, 2.75) is 32.0 Å². The number of fused-ring (bicyclic) bond motifs is 1. The molecule has 0 spiro atoms. The van der Waals surface area contributed by atoms with Gasteiger partial charge in [-0.25, -0.2) is 4.79 Å². The van der Waals surface area contributed by atoms with E-state index in [1.165, 1.54) is 17.0 Å². The van der Waals surface area contributed by atoms with E-state index in [-0.39, 0.29) is 18.0 Å². The minimum Gasteiger partial charge on any atom is -0.335 e. The molecule has 5 nitrogen and oxygen atoms in total. The molecule has 1 atom stereocenters. The Hall–Kier alpha value is -3.81. The first-order chi connectivity index (χ1) is 16.5. The molecule has 4 rings (SSSR count). The van der Waals surface area contributed by atoms with E-state index in [0.717, 1.165) is 35.2 Å². The van der Waals surface area contributed by atoms with Crippen molar-refractivity contribution in [1.29, 1.82) is 0 Å². The van der Waals surface area contributed by atoms with Gasteiger partial charge in [0, 0.05) is 31.4 Å². The predicted molar refractivity (Wildman–Crippen MR) is 129 cm³/mol. The Balaban J connectivity index is 1.54. The van der Waals surface area contributed by atoms with Crippen LogP contribution in [0.15, 0.2) is 60.7 Å². The van der Waals surface area contributed by atoms with Crippen LogP contribution >= 0.6 is 0 Å². The zero-order valence-corrected chi connectivity index (χ0v) is 19.7.